The van der Waals surface area contributed by atoms with Crippen LogP contribution in [0.2, 0.25) is 0 Å². The fourth-order valence-electron chi connectivity index (χ4n) is 5.43. The second kappa shape index (κ2) is 8.89. The average molecular weight is 506 g/mol. The van der Waals surface area contributed by atoms with Gasteiger partial charge in [-0.3, -0.25) is 4.79 Å². The molecule has 2 aromatic carbocycles. The van der Waals surface area contributed by atoms with E-state index in [-0.39, 0.29) is 48.1 Å². The number of alkyl halides is 2. The molecule has 1 saturated carbocycles. The third kappa shape index (κ3) is 4.76. The Labute approximate surface area is 203 Å². The Morgan fingerprint density at radius 3 is 2.06 bits per heavy atom. The predicted molar refractivity (Wildman–Crippen MR) is 126 cm³/mol. The molecular weight excluding hydrogens is 478 g/mol. The maximum absolute atomic E-state index is 13.8. The number of rotatable bonds is 3. The average Bonchev–Trinajstić information content (AvgIpc) is 2.77. The summed E-state index contributed by atoms with van der Waals surface area (Å²) in [6.07, 6.45) is -0.743. The van der Waals surface area contributed by atoms with Gasteiger partial charge in [-0.2, -0.15) is 0 Å². The van der Waals surface area contributed by atoms with Crippen molar-refractivity contribution in [3.05, 3.63) is 42.5 Å². The van der Waals surface area contributed by atoms with E-state index in [1.807, 2.05) is 0 Å². The second-order valence-corrected chi connectivity index (χ2v) is 11.5. The SMILES string of the molecule is CC(=O)N1c2ccc(-c3ccc(S(C)(=O)=O)cc3)cc2N(C(=O)[O-])C(C2CCC(F)(F)CC2)[C@@H]1C. The largest absolute Gasteiger partial charge is 0.530 e. The quantitative estimate of drug-likeness (QED) is 0.631. The van der Waals surface area contributed by atoms with E-state index in [2.05, 4.69) is 0 Å². The van der Waals surface area contributed by atoms with Crippen LogP contribution in [-0.4, -0.2) is 44.7 Å². The standard InChI is InChI=1S/C25H28F2N2O5S/c1-15-23(18-10-12-25(26,27)13-11-18)29(24(31)32)22-14-19(6-9-21(22)28(15)16(2)30)17-4-7-20(8-5-17)35(3,33)34/h4-9,14-15,18,23H,10-13H2,1-3H3,(H,31,32)/p-1/t15-,23?/m0/s1. The number of hydrogen-bond donors (Lipinski definition) is 0. The van der Waals surface area contributed by atoms with Gasteiger partial charge in [0.05, 0.1) is 28.4 Å². The Morgan fingerprint density at radius 2 is 1.54 bits per heavy atom. The number of hydrogen-bond acceptors (Lipinski definition) is 5. The summed E-state index contributed by atoms with van der Waals surface area (Å²) in [4.78, 5) is 27.8. The highest BCUT2D eigenvalue weighted by atomic mass is 32.2. The highest BCUT2D eigenvalue weighted by Crippen LogP contribution is 2.46. The number of nitrogens with zero attached hydrogens (tertiary/aromatic N) is 2. The normalized spacial score (nSPS) is 22.5. The lowest BCUT2D eigenvalue weighted by atomic mass is 9.77. The van der Waals surface area contributed by atoms with Crippen LogP contribution >= 0.6 is 0 Å². The van der Waals surface area contributed by atoms with Gasteiger partial charge in [-0.25, -0.2) is 17.2 Å². The van der Waals surface area contributed by atoms with Gasteiger partial charge in [-0.15, -0.1) is 0 Å². The third-order valence-electron chi connectivity index (χ3n) is 7.09. The van der Waals surface area contributed by atoms with Gasteiger partial charge in [0.1, 0.15) is 6.09 Å². The van der Waals surface area contributed by atoms with E-state index in [1.165, 1.54) is 24.0 Å². The van der Waals surface area contributed by atoms with Crippen LogP contribution in [-0.2, 0) is 14.6 Å². The van der Waals surface area contributed by atoms with Crippen LogP contribution in [0.25, 0.3) is 11.1 Å². The van der Waals surface area contributed by atoms with Gasteiger partial charge >= 0.3 is 0 Å². The first-order chi connectivity index (χ1) is 16.3. The zero-order valence-electron chi connectivity index (χ0n) is 19.7. The molecule has 35 heavy (non-hydrogen) atoms. The van der Waals surface area contributed by atoms with Crippen molar-refractivity contribution in [1.29, 1.82) is 0 Å². The van der Waals surface area contributed by atoms with E-state index in [4.69, 9.17) is 0 Å². The summed E-state index contributed by atoms with van der Waals surface area (Å²) in [7, 11) is -3.38. The second-order valence-electron chi connectivity index (χ2n) is 9.45. The Bertz CT molecular complexity index is 1250. The van der Waals surface area contributed by atoms with Crippen molar-refractivity contribution < 1.29 is 31.9 Å². The summed E-state index contributed by atoms with van der Waals surface area (Å²) < 4.78 is 51.2. The van der Waals surface area contributed by atoms with Crippen molar-refractivity contribution in [3.63, 3.8) is 0 Å². The zero-order valence-corrected chi connectivity index (χ0v) is 20.5. The molecule has 2 amide bonds. The monoisotopic (exact) mass is 505 g/mol. The predicted octanol–water partition coefficient (Wildman–Crippen LogP) is 3.86. The number of carboxylic acid groups (broad SMARTS) is 1. The minimum Gasteiger partial charge on any atom is -0.530 e. The molecule has 0 aromatic heterocycles. The fourth-order valence-corrected chi connectivity index (χ4v) is 6.06. The van der Waals surface area contributed by atoms with E-state index in [0.717, 1.165) is 11.2 Å². The molecule has 1 aliphatic heterocycles. The maximum Gasteiger partial charge on any atom is 0.248 e. The van der Waals surface area contributed by atoms with Gasteiger partial charge in [-0.1, -0.05) is 18.2 Å². The highest BCUT2D eigenvalue weighted by molar-refractivity contribution is 7.90. The number of carbonyl (C=O) groups is 2. The third-order valence-corrected chi connectivity index (χ3v) is 8.22. The lowest BCUT2D eigenvalue weighted by Gasteiger charge is -2.51. The van der Waals surface area contributed by atoms with Gasteiger partial charge in [0, 0.05) is 26.0 Å². The Morgan fingerprint density at radius 1 is 0.971 bits per heavy atom. The molecule has 7 nitrogen and oxygen atoms in total. The van der Waals surface area contributed by atoms with Crippen LogP contribution in [0.15, 0.2) is 47.4 Å². The van der Waals surface area contributed by atoms with E-state index >= 15 is 0 Å². The first-order valence-corrected chi connectivity index (χ1v) is 13.3. The van der Waals surface area contributed by atoms with Crippen molar-refractivity contribution in [2.75, 3.05) is 16.1 Å². The van der Waals surface area contributed by atoms with Crippen LogP contribution in [0, 0.1) is 5.92 Å². The topological polar surface area (TPSA) is 97.8 Å². The van der Waals surface area contributed by atoms with E-state index in [9.17, 15) is 31.9 Å². The molecule has 2 aromatic rings. The van der Waals surface area contributed by atoms with Crippen LogP contribution in [0.5, 0.6) is 0 Å². The molecule has 1 unspecified atom stereocenters. The number of sulfone groups is 1. The number of carbonyl (C=O) groups excluding carboxylic acids is 2. The molecule has 0 bridgehead atoms. The maximum atomic E-state index is 13.8. The van der Waals surface area contributed by atoms with Crippen LogP contribution in [0.3, 0.4) is 0 Å². The van der Waals surface area contributed by atoms with Crippen LogP contribution in [0.1, 0.15) is 39.5 Å². The van der Waals surface area contributed by atoms with Crippen molar-refractivity contribution in [3.8, 4) is 11.1 Å². The van der Waals surface area contributed by atoms with Crippen molar-refractivity contribution in [2.24, 2.45) is 5.92 Å². The lowest BCUT2D eigenvalue weighted by Crippen LogP contribution is -2.63. The minimum atomic E-state index is -3.38. The highest BCUT2D eigenvalue weighted by Gasteiger charge is 2.46. The fraction of sp³-hybridized carbons (Fsp3) is 0.440. The summed E-state index contributed by atoms with van der Waals surface area (Å²) >= 11 is 0. The van der Waals surface area contributed by atoms with Gasteiger partial charge < -0.3 is 19.7 Å². The molecular formula is C25H27F2N2O5S-. The van der Waals surface area contributed by atoms with Crippen molar-refractivity contribution in [2.45, 2.75) is 62.4 Å². The Kier molecular flexibility index (Phi) is 6.37. The molecule has 1 heterocycles. The number of anilines is 2. The molecule has 2 atom stereocenters. The summed E-state index contributed by atoms with van der Waals surface area (Å²) in [6, 6.07) is 9.86. The van der Waals surface area contributed by atoms with E-state index < -0.39 is 33.9 Å². The molecule has 0 saturated heterocycles. The molecule has 0 spiro atoms. The molecule has 1 aliphatic carbocycles. The number of benzene rings is 2. The first kappa shape index (κ1) is 25.1. The summed E-state index contributed by atoms with van der Waals surface area (Å²) in [6.45, 7) is 3.12. The minimum absolute atomic E-state index is 0.138. The number of amides is 2. The smallest absolute Gasteiger partial charge is 0.248 e. The van der Waals surface area contributed by atoms with Gasteiger partial charge in [0.15, 0.2) is 9.84 Å². The van der Waals surface area contributed by atoms with Gasteiger partial charge in [-0.05, 0) is 61.1 Å². The zero-order chi connectivity index (χ0) is 25.7. The van der Waals surface area contributed by atoms with Gasteiger partial charge in [0.2, 0.25) is 11.8 Å². The Balaban J connectivity index is 1.81. The van der Waals surface area contributed by atoms with E-state index in [1.54, 1.807) is 37.3 Å². The summed E-state index contributed by atoms with van der Waals surface area (Å²) in [5.41, 5.74) is 1.90. The van der Waals surface area contributed by atoms with Crippen LogP contribution in [0.4, 0.5) is 25.0 Å². The van der Waals surface area contributed by atoms with Crippen molar-refractivity contribution >= 4 is 33.2 Å². The number of halogens is 2. The molecule has 0 radical (unpaired) electrons. The molecule has 2 aliphatic rings. The van der Waals surface area contributed by atoms with Crippen molar-refractivity contribution in [1.82, 2.24) is 0 Å². The Hall–Kier alpha value is -3.01. The summed E-state index contributed by atoms with van der Waals surface area (Å²) in [5, 5.41) is 12.4. The van der Waals surface area contributed by atoms with Crippen LogP contribution < -0.4 is 14.9 Å². The molecule has 10 heteroatoms. The molecule has 188 valence electrons. The molecule has 1 fully saturated rings. The first-order valence-electron chi connectivity index (χ1n) is 11.4. The molecule has 0 N–H and O–H groups in total. The lowest BCUT2D eigenvalue weighted by molar-refractivity contribution is -0.247. The van der Waals surface area contributed by atoms with E-state index in [0.29, 0.717) is 16.8 Å². The molecule has 4 rings (SSSR count). The number of fused-ring (bicyclic) bond motifs is 1. The summed E-state index contributed by atoms with van der Waals surface area (Å²) in [5.74, 6) is -3.42. The van der Waals surface area contributed by atoms with Gasteiger partial charge in [0.25, 0.3) is 0 Å².